The molecular weight excluding hydrogens is 416 g/mol. The predicted molar refractivity (Wildman–Crippen MR) is 120 cm³/mol. The van der Waals surface area contributed by atoms with Gasteiger partial charge < -0.3 is 17.0 Å². The van der Waals surface area contributed by atoms with Crippen LogP contribution in [-0.4, -0.2) is 23.1 Å². The van der Waals surface area contributed by atoms with E-state index in [1.165, 1.54) is 43.8 Å². The molecule has 0 saturated heterocycles. The molecule has 0 saturated carbocycles. The Morgan fingerprint density at radius 1 is 0.643 bits per heavy atom. The van der Waals surface area contributed by atoms with Gasteiger partial charge in [-0.25, -0.2) is 0 Å². The van der Waals surface area contributed by atoms with Crippen LogP contribution < -0.4 is 17.0 Å². The molecule has 0 unspecified atom stereocenters. The van der Waals surface area contributed by atoms with E-state index in [4.69, 9.17) is 0 Å². The summed E-state index contributed by atoms with van der Waals surface area (Å²) in [7, 11) is 0. The minimum atomic E-state index is 0. The van der Waals surface area contributed by atoms with Gasteiger partial charge in [0, 0.05) is 0 Å². The van der Waals surface area contributed by atoms with Gasteiger partial charge in [0.25, 0.3) is 0 Å². The number of halogens is 1. The molecule has 0 aliphatic carbocycles. The number of rotatable bonds is 3. The second-order valence-electron chi connectivity index (χ2n) is 7.78. The van der Waals surface area contributed by atoms with Crippen LogP contribution in [-0.2, 0) is 0 Å². The van der Waals surface area contributed by atoms with Crippen LogP contribution in [0.4, 0.5) is 0 Å². The van der Waals surface area contributed by atoms with Crippen molar-refractivity contribution in [3.63, 3.8) is 0 Å². The maximum absolute atomic E-state index is 3.65. The molecular formula is C26H25BrMg. The smallest absolute Gasteiger partial charge is 1.00 e. The van der Waals surface area contributed by atoms with Gasteiger partial charge >= 0.3 is 23.1 Å². The first-order valence-corrected chi connectivity index (χ1v) is 9.52. The van der Waals surface area contributed by atoms with Crippen LogP contribution in [0.1, 0.15) is 50.7 Å². The summed E-state index contributed by atoms with van der Waals surface area (Å²) in [5, 5.41) is 5.24. The van der Waals surface area contributed by atoms with Crippen molar-refractivity contribution in [2.24, 2.45) is 0 Å². The Hall–Kier alpha value is -1.35. The second kappa shape index (κ2) is 9.43. The fourth-order valence-corrected chi connectivity index (χ4v) is 3.71. The molecule has 0 atom stereocenters. The molecule has 0 aliphatic rings. The van der Waals surface area contributed by atoms with Gasteiger partial charge in [0.15, 0.2) is 0 Å². The average Bonchev–Trinajstić information content (AvgIpc) is 2.65. The van der Waals surface area contributed by atoms with Gasteiger partial charge in [-0.15, -0.1) is 5.56 Å². The molecule has 28 heavy (non-hydrogen) atoms. The number of hydrogen-bond acceptors (Lipinski definition) is 0. The summed E-state index contributed by atoms with van der Waals surface area (Å²) in [6.07, 6.45) is 0. The summed E-state index contributed by atoms with van der Waals surface area (Å²) in [5.41, 5.74) is 5.24. The molecule has 0 nitrogen and oxygen atoms in total. The summed E-state index contributed by atoms with van der Waals surface area (Å²) in [5.74, 6) is 0.933. The monoisotopic (exact) mass is 440 g/mol. The zero-order valence-electron chi connectivity index (χ0n) is 17.1. The molecule has 0 N–H and O–H groups in total. The SMILES string of the molecule is CC(C)c1[c-]c(C(C)C)cc(-c2c3ccccc3cc3ccccc23)c1.[Br-].[Mg+2]. The summed E-state index contributed by atoms with van der Waals surface area (Å²) in [6.45, 7) is 9.00. The predicted octanol–water partition coefficient (Wildman–Crippen LogP) is 4.33. The largest absolute Gasteiger partial charge is 2.00 e. The van der Waals surface area contributed by atoms with E-state index in [-0.39, 0.29) is 40.0 Å². The Balaban J connectivity index is 0.00000140. The van der Waals surface area contributed by atoms with Crippen LogP contribution >= 0.6 is 0 Å². The zero-order valence-corrected chi connectivity index (χ0v) is 20.1. The van der Waals surface area contributed by atoms with Crippen molar-refractivity contribution in [3.8, 4) is 11.1 Å². The molecule has 4 rings (SSSR count). The Labute approximate surface area is 195 Å². The third kappa shape index (κ3) is 4.29. The molecule has 0 aliphatic heterocycles. The maximum Gasteiger partial charge on any atom is 2.00 e. The fraction of sp³-hybridized carbons (Fsp3) is 0.231. The van der Waals surface area contributed by atoms with E-state index in [2.05, 4.69) is 100 Å². The average molecular weight is 442 g/mol. The first-order chi connectivity index (χ1) is 12.5. The minimum absolute atomic E-state index is 0. The third-order valence-corrected chi connectivity index (χ3v) is 5.21. The van der Waals surface area contributed by atoms with E-state index in [1.54, 1.807) is 0 Å². The van der Waals surface area contributed by atoms with Crippen LogP contribution in [0.25, 0.3) is 32.7 Å². The van der Waals surface area contributed by atoms with Crippen molar-refractivity contribution in [2.75, 3.05) is 0 Å². The fourth-order valence-electron chi connectivity index (χ4n) is 3.71. The molecule has 0 radical (unpaired) electrons. The molecule has 0 aromatic heterocycles. The Morgan fingerprint density at radius 2 is 1.07 bits per heavy atom. The molecule has 4 aromatic rings. The molecule has 2 heteroatoms. The van der Waals surface area contributed by atoms with Crippen molar-refractivity contribution >= 4 is 44.6 Å². The summed E-state index contributed by atoms with van der Waals surface area (Å²) < 4.78 is 0. The molecule has 0 amide bonds. The number of benzene rings is 4. The minimum Gasteiger partial charge on any atom is -1.00 e. The number of hydrogen-bond donors (Lipinski definition) is 0. The van der Waals surface area contributed by atoms with E-state index in [1.807, 2.05) is 0 Å². The van der Waals surface area contributed by atoms with Gasteiger partial charge in [-0.3, -0.25) is 0 Å². The molecule has 0 heterocycles. The van der Waals surface area contributed by atoms with Crippen LogP contribution in [0.5, 0.6) is 0 Å². The first kappa shape index (κ1) is 22.9. The van der Waals surface area contributed by atoms with Crippen molar-refractivity contribution < 1.29 is 17.0 Å². The Kier molecular flexibility index (Phi) is 7.72. The van der Waals surface area contributed by atoms with Gasteiger partial charge in [0.1, 0.15) is 0 Å². The normalized spacial score (nSPS) is 10.9. The van der Waals surface area contributed by atoms with Crippen LogP contribution in [0.3, 0.4) is 0 Å². The van der Waals surface area contributed by atoms with E-state index >= 15 is 0 Å². The van der Waals surface area contributed by atoms with E-state index < -0.39 is 0 Å². The van der Waals surface area contributed by atoms with E-state index in [0.29, 0.717) is 11.8 Å². The molecule has 0 spiro atoms. The molecule has 4 aromatic carbocycles. The number of fused-ring (bicyclic) bond motifs is 2. The van der Waals surface area contributed by atoms with Gasteiger partial charge in [-0.2, -0.15) is 29.3 Å². The van der Waals surface area contributed by atoms with Crippen molar-refractivity contribution in [1.29, 1.82) is 0 Å². The quantitative estimate of drug-likeness (QED) is 0.252. The first-order valence-electron chi connectivity index (χ1n) is 9.52. The van der Waals surface area contributed by atoms with Crippen LogP contribution in [0, 0.1) is 6.07 Å². The topological polar surface area (TPSA) is 0 Å². The summed E-state index contributed by atoms with van der Waals surface area (Å²) >= 11 is 0. The van der Waals surface area contributed by atoms with Gasteiger partial charge in [-0.05, 0) is 45.0 Å². The molecule has 138 valence electrons. The zero-order chi connectivity index (χ0) is 18.3. The van der Waals surface area contributed by atoms with Crippen LogP contribution in [0.2, 0.25) is 0 Å². The van der Waals surface area contributed by atoms with Crippen molar-refractivity contribution in [2.45, 2.75) is 39.5 Å². The third-order valence-electron chi connectivity index (χ3n) is 5.21. The molecule has 0 fully saturated rings. The maximum atomic E-state index is 3.65. The van der Waals surface area contributed by atoms with E-state index in [0.717, 1.165) is 0 Å². The Morgan fingerprint density at radius 3 is 1.50 bits per heavy atom. The Bertz CT molecular complexity index is 1020. The summed E-state index contributed by atoms with van der Waals surface area (Å²) in [4.78, 5) is 0. The summed E-state index contributed by atoms with van der Waals surface area (Å²) in [6, 6.07) is 28.1. The van der Waals surface area contributed by atoms with Crippen LogP contribution in [0.15, 0.2) is 66.7 Å². The van der Waals surface area contributed by atoms with E-state index in [9.17, 15) is 0 Å². The van der Waals surface area contributed by atoms with Crippen molar-refractivity contribution in [3.05, 3.63) is 83.9 Å². The van der Waals surface area contributed by atoms with Gasteiger partial charge in [0.2, 0.25) is 0 Å². The molecule has 0 bridgehead atoms. The standard InChI is InChI=1S/C26H25.BrH.Mg/c1-17(2)21-14-22(18(3)4)16-23(15-21)26-24-11-7-5-9-19(24)13-20-10-6-8-12-25(20)26;;/h5-13,15-18H,1-4H3;1H;/q-1;;+2/p-1. The van der Waals surface area contributed by atoms with Gasteiger partial charge in [0.05, 0.1) is 0 Å². The van der Waals surface area contributed by atoms with Gasteiger partial charge in [-0.1, -0.05) is 76.2 Å². The second-order valence-corrected chi connectivity index (χ2v) is 7.78. The van der Waals surface area contributed by atoms with Crippen molar-refractivity contribution in [1.82, 2.24) is 0 Å².